The highest BCUT2D eigenvalue weighted by Gasteiger charge is 2.32. The minimum absolute atomic E-state index is 0.00475. The van der Waals surface area contributed by atoms with E-state index in [9.17, 15) is 24.4 Å². The number of ether oxygens (including phenoxy) is 2. The molecular formula is C23H32N4O6. The summed E-state index contributed by atoms with van der Waals surface area (Å²) in [5.74, 6) is -1.66. The van der Waals surface area contributed by atoms with Crippen LogP contribution in [0.15, 0.2) is 24.3 Å². The molecule has 0 aliphatic carbocycles. The van der Waals surface area contributed by atoms with Gasteiger partial charge in [0.25, 0.3) is 0 Å². The number of nitrogens with zero attached hydrogens (tertiary/aromatic N) is 2. The largest absolute Gasteiger partial charge is 0.466 e. The van der Waals surface area contributed by atoms with Crippen LogP contribution in [0, 0.1) is 18.3 Å². The second kappa shape index (κ2) is 13.1. The maximum Gasteiger partial charge on any atom is 0.408 e. The molecule has 0 bridgehead atoms. The molecule has 0 aliphatic heterocycles. The van der Waals surface area contributed by atoms with E-state index in [1.807, 2.05) is 6.07 Å². The van der Waals surface area contributed by atoms with Crippen LogP contribution < -0.4 is 10.6 Å². The lowest BCUT2D eigenvalue weighted by molar-refractivity contribution is -0.143. The second-order valence-electron chi connectivity index (χ2n) is 8.14. The van der Waals surface area contributed by atoms with Crippen molar-refractivity contribution in [1.82, 2.24) is 15.5 Å². The van der Waals surface area contributed by atoms with Crippen LogP contribution >= 0.6 is 0 Å². The van der Waals surface area contributed by atoms with E-state index in [4.69, 9.17) is 9.47 Å². The molecule has 0 spiro atoms. The van der Waals surface area contributed by atoms with Crippen molar-refractivity contribution in [3.63, 3.8) is 0 Å². The predicted molar refractivity (Wildman–Crippen MR) is 120 cm³/mol. The Balaban J connectivity index is 3.08. The van der Waals surface area contributed by atoms with Crippen molar-refractivity contribution in [2.24, 2.45) is 0 Å². The number of carbonyl (C=O) groups excluding carboxylic acids is 4. The molecule has 1 atom stereocenters. The van der Waals surface area contributed by atoms with Gasteiger partial charge in [-0.15, -0.1) is 0 Å². The first-order valence-corrected chi connectivity index (χ1v) is 10.6. The van der Waals surface area contributed by atoms with E-state index < -0.39 is 42.1 Å². The number of carbonyl (C=O) groups is 4. The zero-order chi connectivity index (χ0) is 25.0. The molecule has 0 aromatic heterocycles. The summed E-state index contributed by atoms with van der Waals surface area (Å²) in [6, 6.07) is 7.73. The molecule has 0 radical (unpaired) electrons. The van der Waals surface area contributed by atoms with Crippen LogP contribution in [0.4, 0.5) is 4.79 Å². The number of amides is 3. The molecule has 0 saturated heterocycles. The molecule has 0 fully saturated rings. The Hall–Kier alpha value is -3.61. The van der Waals surface area contributed by atoms with Crippen LogP contribution in [0.2, 0.25) is 0 Å². The lowest BCUT2D eigenvalue weighted by Gasteiger charge is -2.30. The Morgan fingerprint density at radius 3 is 2.39 bits per heavy atom. The third kappa shape index (κ3) is 9.60. The monoisotopic (exact) mass is 460 g/mol. The topological polar surface area (TPSA) is 138 Å². The van der Waals surface area contributed by atoms with Gasteiger partial charge < -0.3 is 25.0 Å². The zero-order valence-electron chi connectivity index (χ0n) is 19.8. The van der Waals surface area contributed by atoms with Crippen molar-refractivity contribution in [1.29, 1.82) is 5.26 Å². The van der Waals surface area contributed by atoms with E-state index in [0.717, 1.165) is 10.5 Å². The smallest absolute Gasteiger partial charge is 0.408 e. The van der Waals surface area contributed by atoms with Crippen LogP contribution in [-0.4, -0.2) is 60.6 Å². The molecular weight excluding hydrogens is 428 g/mol. The van der Waals surface area contributed by atoms with Gasteiger partial charge >= 0.3 is 12.1 Å². The van der Waals surface area contributed by atoms with Crippen LogP contribution in [0.5, 0.6) is 0 Å². The van der Waals surface area contributed by atoms with Crippen molar-refractivity contribution in [2.45, 2.75) is 52.7 Å². The number of aryl methyl sites for hydroxylation is 1. The molecule has 10 nitrogen and oxygen atoms in total. The summed E-state index contributed by atoms with van der Waals surface area (Å²) < 4.78 is 9.98. The summed E-state index contributed by atoms with van der Waals surface area (Å²) in [7, 11) is 0. The van der Waals surface area contributed by atoms with Crippen LogP contribution in [-0.2, 0) is 23.9 Å². The Kier molecular flexibility index (Phi) is 10.8. The predicted octanol–water partition coefficient (Wildman–Crippen LogP) is 1.98. The zero-order valence-corrected chi connectivity index (χ0v) is 19.8. The number of nitrogens with one attached hydrogen (secondary N) is 2. The molecule has 33 heavy (non-hydrogen) atoms. The van der Waals surface area contributed by atoms with E-state index in [-0.39, 0.29) is 26.1 Å². The summed E-state index contributed by atoms with van der Waals surface area (Å²) in [6.45, 7) is 7.90. The molecule has 10 heteroatoms. The second-order valence-corrected chi connectivity index (χ2v) is 8.14. The molecule has 0 heterocycles. The lowest BCUT2D eigenvalue weighted by Crippen LogP contribution is -2.48. The van der Waals surface area contributed by atoms with Crippen molar-refractivity contribution < 1.29 is 28.7 Å². The third-order valence-corrected chi connectivity index (χ3v) is 4.32. The fourth-order valence-electron chi connectivity index (χ4n) is 2.92. The summed E-state index contributed by atoms with van der Waals surface area (Å²) in [4.78, 5) is 50.7. The highest BCUT2D eigenvalue weighted by atomic mass is 16.6. The maximum atomic E-state index is 13.1. The Bertz CT molecular complexity index is 888. The maximum absolute atomic E-state index is 13.1. The average molecular weight is 461 g/mol. The number of hydrogen-bond acceptors (Lipinski definition) is 7. The van der Waals surface area contributed by atoms with Gasteiger partial charge in [-0.2, -0.15) is 5.26 Å². The normalized spacial score (nSPS) is 11.5. The number of benzene rings is 1. The Morgan fingerprint density at radius 1 is 1.15 bits per heavy atom. The standard InChI is InChI=1S/C23H32N4O6/c1-6-32-19(29)11-13-25-21(30)20(17-10-8-7-9-16(17)2)27(14-12-24)18(28)15-26-22(31)33-23(3,4)5/h7-10,20H,6,11,13-15H2,1-5H3,(H,25,30)(H,26,31). The fourth-order valence-corrected chi connectivity index (χ4v) is 2.92. The molecule has 0 aliphatic rings. The minimum atomic E-state index is -1.14. The van der Waals surface area contributed by atoms with Gasteiger partial charge in [-0.1, -0.05) is 24.3 Å². The van der Waals surface area contributed by atoms with Gasteiger partial charge in [0.05, 0.1) is 19.1 Å². The van der Waals surface area contributed by atoms with E-state index in [0.29, 0.717) is 5.56 Å². The van der Waals surface area contributed by atoms with Gasteiger partial charge in [0.1, 0.15) is 24.7 Å². The van der Waals surface area contributed by atoms with Gasteiger partial charge in [-0.3, -0.25) is 14.4 Å². The van der Waals surface area contributed by atoms with Gasteiger partial charge in [-0.05, 0) is 45.7 Å². The molecule has 3 amide bonds. The number of nitriles is 1. The number of hydrogen-bond donors (Lipinski definition) is 2. The van der Waals surface area contributed by atoms with Gasteiger partial charge in [0, 0.05) is 6.54 Å². The molecule has 2 N–H and O–H groups in total. The van der Waals surface area contributed by atoms with Crippen molar-refractivity contribution in [3.8, 4) is 6.07 Å². The molecule has 180 valence electrons. The van der Waals surface area contributed by atoms with Crippen LogP contribution in [0.1, 0.15) is 51.3 Å². The van der Waals surface area contributed by atoms with Crippen LogP contribution in [0.25, 0.3) is 0 Å². The average Bonchev–Trinajstić information content (AvgIpc) is 2.72. The highest BCUT2D eigenvalue weighted by molar-refractivity contribution is 5.91. The van der Waals surface area contributed by atoms with Crippen molar-refractivity contribution in [3.05, 3.63) is 35.4 Å². The minimum Gasteiger partial charge on any atom is -0.466 e. The SMILES string of the molecule is CCOC(=O)CCNC(=O)C(c1ccccc1C)N(CC#N)C(=O)CNC(=O)OC(C)(C)C. The summed E-state index contributed by atoms with van der Waals surface area (Å²) in [6.07, 6.45) is -0.828. The van der Waals surface area contributed by atoms with Gasteiger partial charge in [-0.25, -0.2) is 4.79 Å². The van der Waals surface area contributed by atoms with Gasteiger partial charge in [0.2, 0.25) is 11.8 Å². The Labute approximate surface area is 194 Å². The number of alkyl carbamates (subject to hydrolysis) is 1. The van der Waals surface area contributed by atoms with E-state index in [1.165, 1.54) is 0 Å². The molecule has 1 unspecified atom stereocenters. The molecule has 1 aromatic carbocycles. The number of rotatable bonds is 10. The summed E-state index contributed by atoms with van der Waals surface area (Å²) in [5.41, 5.74) is 0.507. The fraction of sp³-hybridized carbons (Fsp3) is 0.522. The molecule has 1 aromatic rings. The van der Waals surface area contributed by atoms with E-state index in [1.54, 1.807) is 58.9 Å². The first-order valence-electron chi connectivity index (χ1n) is 10.6. The van der Waals surface area contributed by atoms with E-state index >= 15 is 0 Å². The summed E-state index contributed by atoms with van der Waals surface area (Å²) in [5, 5.41) is 14.3. The molecule has 1 rings (SSSR count). The Morgan fingerprint density at radius 2 is 1.82 bits per heavy atom. The summed E-state index contributed by atoms with van der Waals surface area (Å²) >= 11 is 0. The molecule has 0 saturated carbocycles. The highest BCUT2D eigenvalue weighted by Crippen LogP contribution is 2.24. The van der Waals surface area contributed by atoms with Crippen molar-refractivity contribution >= 4 is 23.9 Å². The number of esters is 1. The first-order chi connectivity index (χ1) is 15.5. The lowest BCUT2D eigenvalue weighted by atomic mass is 9.98. The van der Waals surface area contributed by atoms with Gasteiger partial charge in [0.15, 0.2) is 0 Å². The van der Waals surface area contributed by atoms with Crippen LogP contribution in [0.3, 0.4) is 0 Å². The van der Waals surface area contributed by atoms with Crippen molar-refractivity contribution in [2.75, 3.05) is 26.2 Å². The van der Waals surface area contributed by atoms with E-state index in [2.05, 4.69) is 10.6 Å². The third-order valence-electron chi connectivity index (χ3n) is 4.32. The first kappa shape index (κ1) is 27.4. The quantitative estimate of drug-likeness (QED) is 0.402.